The molecule has 304 valence electrons. The van der Waals surface area contributed by atoms with E-state index in [9.17, 15) is 29.1 Å². The third-order valence-corrected chi connectivity index (χ3v) is 9.80. The van der Waals surface area contributed by atoms with Crippen LogP contribution in [0, 0.1) is 0 Å². The van der Waals surface area contributed by atoms with Crippen LogP contribution >= 0.6 is 0 Å². The van der Waals surface area contributed by atoms with Gasteiger partial charge in [-0.1, -0.05) is 66.7 Å². The van der Waals surface area contributed by atoms with E-state index >= 15 is 0 Å². The van der Waals surface area contributed by atoms with Gasteiger partial charge in [0.2, 0.25) is 17.7 Å². The van der Waals surface area contributed by atoms with Gasteiger partial charge >= 0.3 is 12.1 Å². The van der Waals surface area contributed by atoms with E-state index in [1.165, 1.54) is 11.9 Å². The molecule has 1 aliphatic rings. The Morgan fingerprint density at radius 2 is 1.42 bits per heavy atom. The van der Waals surface area contributed by atoms with Gasteiger partial charge in [0.05, 0.1) is 33.0 Å². The lowest BCUT2D eigenvalue weighted by Crippen LogP contribution is -2.47. The van der Waals surface area contributed by atoms with Gasteiger partial charge < -0.3 is 39.8 Å². The van der Waals surface area contributed by atoms with Crippen molar-refractivity contribution < 1.29 is 43.3 Å². The van der Waals surface area contributed by atoms with Crippen LogP contribution in [0.25, 0.3) is 22.0 Å². The van der Waals surface area contributed by atoms with Crippen LogP contribution in [-0.4, -0.2) is 116 Å². The highest BCUT2D eigenvalue weighted by Crippen LogP contribution is 2.44. The molecule has 3 aromatic carbocycles. The molecule has 4 N–H and O–H groups in total. The maximum Gasteiger partial charge on any atom is 0.424 e. The van der Waals surface area contributed by atoms with E-state index in [4.69, 9.17) is 14.2 Å². The largest absolute Gasteiger partial charge is 0.481 e. The number of aryl methyl sites for hydroxylation is 1. The summed E-state index contributed by atoms with van der Waals surface area (Å²) in [7, 11) is 3.44. The second kappa shape index (κ2) is 20.9. The molecular formula is C42H52N6O9. The molecule has 15 nitrogen and oxygen atoms in total. The number of aliphatic carboxylic acids is 1. The summed E-state index contributed by atoms with van der Waals surface area (Å²) < 4.78 is 18.7. The number of carboxylic acid groups (broad SMARTS) is 1. The van der Waals surface area contributed by atoms with Gasteiger partial charge in [0.15, 0.2) is 0 Å². The number of nitrogens with one attached hydrogen (secondary N) is 3. The first-order valence-electron chi connectivity index (χ1n) is 19.1. The van der Waals surface area contributed by atoms with Crippen molar-refractivity contribution in [3.8, 4) is 11.1 Å². The minimum absolute atomic E-state index is 0.0134. The highest BCUT2D eigenvalue weighted by atomic mass is 16.6. The second-order valence-corrected chi connectivity index (χ2v) is 13.8. The summed E-state index contributed by atoms with van der Waals surface area (Å²) in [6, 6.07) is 25.1. The highest BCUT2D eigenvalue weighted by molar-refractivity contribution is 5.88. The Bertz CT molecular complexity index is 1970. The fourth-order valence-electron chi connectivity index (χ4n) is 6.84. The number of aromatic nitrogens is 1. The summed E-state index contributed by atoms with van der Waals surface area (Å²) in [4.78, 5) is 61.9. The number of hydrogen-bond acceptors (Lipinski definition) is 9. The third kappa shape index (κ3) is 11.9. The lowest BCUT2D eigenvalue weighted by atomic mass is 9.98. The van der Waals surface area contributed by atoms with Crippen LogP contribution in [-0.2, 0) is 46.5 Å². The molecule has 1 heterocycles. The molecule has 1 aromatic heterocycles. The molecule has 0 saturated heterocycles. The van der Waals surface area contributed by atoms with Crippen molar-refractivity contribution in [2.24, 2.45) is 0 Å². The normalized spacial score (nSPS) is 12.5. The van der Waals surface area contributed by atoms with Crippen LogP contribution in [0.4, 0.5) is 4.79 Å². The quantitative estimate of drug-likeness (QED) is 0.0675. The average molecular weight is 785 g/mol. The molecule has 0 fully saturated rings. The van der Waals surface area contributed by atoms with Gasteiger partial charge in [-0.05, 0) is 46.2 Å². The Morgan fingerprint density at radius 3 is 2.07 bits per heavy atom. The Kier molecular flexibility index (Phi) is 15.6. The third-order valence-electron chi connectivity index (χ3n) is 9.80. The average Bonchev–Trinajstić information content (AvgIpc) is 3.72. The topological polar surface area (TPSA) is 181 Å². The highest BCUT2D eigenvalue weighted by Gasteiger charge is 2.30. The molecule has 4 amide bonds. The van der Waals surface area contributed by atoms with Crippen molar-refractivity contribution in [2.45, 2.75) is 51.2 Å². The summed E-state index contributed by atoms with van der Waals surface area (Å²) in [5, 5.41) is 21.5. The zero-order valence-corrected chi connectivity index (χ0v) is 32.7. The zero-order valence-electron chi connectivity index (χ0n) is 32.7. The van der Waals surface area contributed by atoms with Gasteiger partial charge in [-0.15, -0.1) is 0 Å². The zero-order chi connectivity index (χ0) is 40.7. The lowest BCUT2D eigenvalue weighted by molar-refractivity contribution is -0.138. The number of rotatable bonds is 22. The standard InChI is InChI=1S/C42H52N6O9/c1-29(49)43-19-22-55-24-25-56-23-20-44-41(53)37(16-17-40(51)52)45-39(50)18-21-48-31(26-30-10-4-9-15-38(30)48)27-46(2)47(3)42(54)57-28-36-34-13-7-5-11-32(34)33-12-6-8-14-35(33)36/h4-15,26,36-37H,16-25,27-28H2,1-3H3,(H,43,49)(H,44,53)(H,45,50)(H,51,52)/t37-/m0/s1. The summed E-state index contributed by atoms with van der Waals surface area (Å²) in [6.07, 6.45) is -0.872. The van der Waals surface area contributed by atoms with Crippen molar-refractivity contribution in [2.75, 3.05) is 60.2 Å². The summed E-state index contributed by atoms with van der Waals surface area (Å²) in [5.74, 6) is -2.21. The monoisotopic (exact) mass is 784 g/mol. The second-order valence-electron chi connectivity index (χ2n) is 13.8. The molecular weight excluding hydrogens is 732 g/mol. The van der Waals surface area contributed by atoms with Crippen LogP contribution < -0.4 is 16.0 Å². The van der Waals surface area contributed by atoms with Crippen LogP contribution in [0.5, 0.6) is 0 Å². The minimum atomic E-state index is -1.08. The Hall–Kier alpha value is -5.77. The number of benzene rings is 3. The molecule has 0 bridgehead atoms. The molecule has 1 atom stereocenters. The first-order valence-corrected chi connectivity index (χ1v) is 19.1. The van der Waals surface area contributed by atoms with E-state index in [1.807, 2.05) is 59.2 Å². The van der Waals surface area contributed by atoms with Crippen LogP contribution in [0.2, 0.25) is 0 Å². The van der Waals surface area contributed by atoms with Gasteiger partial charge in [0.1, 0.15) is 12.6 Å². The van der Waals surface area contributed by atoms with Crippen LogP contribution in [0.1, 0.15) is 48.9 Å². The van der Waals surface area contributed by atoms with E-state index in [-0.39, 0.29) is 64.0 Å². The molecule has 0 aliphatic heterocycles. The van der Waals surface area contributed by atoms with E-state index in [0.717, 1.165) is 38.9 Å². The first-order chi connectivity index (χ1) is 27.5. The number of fused-ring (bicyclic) bond motifs is 4. The van der Waals surface area contributed by atoms with Gasteiger partial charge in [0, 0.05) is 70.6 Å². The van der Waals surface area contributed by atoms with Crippen LogP contribution in [0.3, 0.4) is 0 Å². The smallest absolute Gasteiger partial charge is 0.424 e. The van der Waals surface area contributed by atoms with Crippen LogP contribution in [0.15, 0.2) is 78.9 Å². The first kappa shape index (κ1) is 42.4. The molecule has 57 heavy (non-hydrogen) atoms. The molecule has 0 radical (unpaired) electrons. The number of carboxylic acids is 1. The van der Waals surface area contributed by atoms with Gasteiger partial charge in [0.25, 0.3) is 0 Å². The summed E-state index contributed by atoms with van der Waals surface area (Å²) in [6.45, 7) is 3.91. The number of ether oxygens (including phenoxy) is 3. The van der Waals surface area contributed by atoms with Crippen molar-refractivity contribution in [3.05, 3.63) is 95.7 Å². The van der Waals surface area contributed by atoms with E-state index < -0.39 is 29.9 Å². The lowest BCUT2D eigenvalue weighted by Gasteiger charge is -2.28. The van der Waals surface area contributed by atoms with Crippen molar-refractivity contribution >= 4 is 40.7 Å². The number of nitrogens with zero attached hydrogens (tertiary/aromatic N) is 3. The summed E-state index contributed by atoms with van der Waals surface area (Å²) in [5.41, 5.74) is 6.31. The fraction of sp³-hybridized carbons (Fsp3) is 0.405. The maximum atomic E-state index is 13.4. The molecule has 0 unspecified atom stereocenters. The van der Waals surface area contributed by atoms with Crippen molar-refractivity contribution in [3.63, 3.8) is 0 Å². The molecule has 0 spiro atoms. The SMILES string of the molecule is CC(=O)NCCOCCOCCNC(=O)[C@H](CCC(=O)O)NC(=O)CCn1c(CN(C)N(C)C(=O)OCC2c3ccccc3-c3ccccc32)cc2ccccc21. The fourth-order valence-corrected chi connectivity index (χ4v) is 6.84. The molecule has 4 aromatic rings. The number of hydrogen-bond donors (Lipinski definition) is 4. The van der Waals surface area contributed by atoms with Crippen molar-refractivity contribution in [1.29, 1.82) is 0 Å². The molecule has 15 heteroatoms. The Morgan fingerprint density at radius 1 is 0.807 bits per heavy atom. The number of para-hydroxylation sites is 1. The van der Waals surface area contributed by atoms with Gasteiger partial charge in [-0.3, -0.25) is 19.2 Å². The Labute approximate surface area is 332 Å². The molecule has 1 aliphatic carbocycles. The number of hydrazine groups is 1. The van der Waals surface area contributed by atoms with Gasteiger partial charge in [-0.25, -0.2) is 14.8 Å². The van der Waals surface area contributed by atoms with E-state index in [1.54, 1.807) is 19.1 Å². The predicted octanol–water partition coefficient (Wildman–Crippen LogP) is 3.89. The molecule has 0 saturated carbocycles. The maximum absolute atomic E-state index is 13.4. The minimum Gasteiger partial charge on any atom is -0.481 e. The Balaban J connectivity index is 1.13. The van der Waals surface area contributed by atoms with Gasteiger partial charge in [-0.2, -0.15) is 0 Å². The van der Waals surface area contributed by atoms with Crippen molar-refractivity contribution in [1.82, 2.24) is 30.5 Å². The number of carbonyl (C=O) groups excluding carboxylic acids is 4. The predicted molar refractivity (Wildman–Crippen MR) is 213 cm³/mol. The van der Waals surface area contributed by atoms with E-state index in [0.29, 0.717) is 26.3 Å². The van der Waals surface area contributed by atoms with E-state index in [2.05, 4.69) is 40.2 Å². The molecule has 5 rings (SSSR count). The number of amides is 4. The summed E-state index contributed by atoms with van der Waals surface area (Å²) >= 11 is 0. The number of carbonyl (C=O) groups is 5.